The Bertz CT molecular complexity index is 1130. The number of benzene rings is 1. The summed E-state index contributed by atoms with van der Waals surface area (Å²) >= 11 is 1.54. The lowest BCUT2D eigenvalue weighted by molar-refractivity contribution is -0.132. The quantitative estimate of drug-likeness (QED) is 0.370. The number of para-hydroxylation sites is 1. The van der Waals surface area contributed by atoms with Crippen molar-refractivity contribution < 1.29 is 23.9 Å². The highest BCUT2D eigenvalue weighted by Gasteiger charge is 2.38. The number of thioether (sulfide) groups is 1. The average Bonchev–Trinajstić information content (AvgIpc) is 3.48. The number of nitrogens with two attached hydrogens (primary N) is 1. The van der Waals surface area contributed by atoms with Crippen LogP contribution in [0.15, 0.2) is 30.5 Å². The molecular weight excluding hydrogens is 494 g/mol. The summed E-state index contributed by atoms with van der Waals surface area (Å²) in [5.74, 6) is -0.944. The molecule has 0 radical (unpaired) electrons. The molecule has 4 amide bonds. The molecule has 1 aliphatic heterocycles. The number of likely N-dealkylation sites (tertiary alicyclic amines) is 1. The molecule has 0 aliphatic carbocycles. The Morgan fingerprint density at radius 2 is 1.92 bits per heavy atom. The summed E-state index contributed by atoms with van der Waals surface area (Å²) in [4.78, 5) is 56.0. The first-order valence-electron chi connectivity index (χ1n) is 12.4. The number of carbonyl (C=O) groups excluding carboxylic acids is 4. The summed E-state index contributed by atoms with van der Waals surface area (Å²) in [7, 11) is 0. The number of aromatic amines is 1. The van der Waals surface area contributed by atoms with Crippen LogP contribution in [0.25, 0.3) is 10.9 Å². The number of rotatable bonds is 10. The zero-order valence-electron chi connectivity index (χ0n) is 21.8. The smallest absolute Gasteiger partial charge is 0.410 e. The van der Waals surface area contributed by atoms with Crippen molar-refractivity contribution >= 4 is 46.5 Å². The first-order valence-corrected chi connectivity index (χ1v) is 13.8. The molecule has 1 fully saturated rings. The molecule has 1 saturated heterocycles. The van der Waals surface area contributed by atoms with Crippen molar-refractivity contribution in [3.8, 4) is 0 Å². The van der Waals surface area contributed by atoms with Crippen LogP contribution < -0.4 is 16.4 Å². The minimum atomic E-state index is -0.982. The number of carbonyl (C=O) groups is 4. The number of nitrogens with zero attached hydrogens (tertiary/aromatic N) is 1. The molecule has 10 nitrogen and oxygen atoms in total. The normalized spacial score (nSPS) is 17.3. The Morgan fingerprint density at radius 3 is 2.59 bits per heavy atom. The van der Waals surface area contributed by atoms with Gasteiger partial charge in [-0.1, -0.05) is 18.2 Å². The molecule has 11 heteroatoms. The van der Waals surface area contributed by atoms with Gasteiger partial charge in [0, 0.05) is 30.1 Å². The number of primary amides is 1. The predicted octanol–water partition coefficient (Wildman–Crippen LogP) is 2.32. The van der Waals surface area contributed by atoms with Gasteiger partial charge in [-0.05, 0) is 63.7 Å². The minimum Gasteiger partial charge on any atom is -0.444 e. The third-order valence-corrected chi connectivity index (χ3v) is 6.83. The topological polar surface area (TPSA) is 147 Å². The van der Waals surface area contributed by atoms with Crippen molar-refractivity contribution in [2.24, 2.45) is 5.73 Å². The van der Waals surface area contributed by atoms with Crippen LogP contribution >= 0.6 is 11.8 Å². The van der Waals surface area contributed by atoms with Gasteiger partial charge in [-0.2, -0.15) is 11.8 Å². The number of nitrogens with one attached hydrogen (secondary N) is 3. The van der Waals surface area contributed by atoms with Gasteiger partial charge in [0.25, 0.3) is 0 Å². The lowest BCUT2D eigenvalue weighted by Crippen LogP contribution is -2.57. The molecule has 3 atom stereocenters. The van der Waals surface area contributed by atoms with E-state index in [-0.39, 0.29) is 6.42 Å². The average molecular weight is 532 g/mol. The second kappa shape index (κ2) is 12.4. The largest absolute Gasteiger partial charge is 0.444 e. The van der Waals surface area contributed by atoms with Crippen molar-refractivity contribution in [1.82, 2.24) is 20.5 Å². The molecule has 0 bridgehead atoms. The van der Waals surface area contributed by atoms with E-state index >= 15 is 0 Å². The number of hydrogen-bond donors (Lipinski definition) is 4. The van der Waals surface area contributed by atoms with Crippen LogP contribution in [0.4, 0.5) is 4.79 Å². The predicted molar refractivity (Wildman–Crippen MR) is 144 cm³/mol. The van der Waals surface area contributed by atoms with Gasteiger partial charge < -0.3 is 26.1 Å². The fraction of sp³-hybridized carbons (Fsp3) is 0.538. The van der Waals surface area contributed by atoms with Gasteiger partial charge >= 0.3 is 6.09 Å². The van der Waals surface area contributed by atoms with E-state index < -0.39 is 47.5 Å². The molecule has 5 N–H and O–H groups in total. The monoisotopic (exact) mass is 531 g/mol. The van der Waals surface area contributed by atoms with E-state index in [1.807, 2.05) is 30.5 Å². The maximum Gasteiger partial charge on any atom is 0.410 e. The van der Waals surface area contributed by atoms with Crippen LogP contribution in [0.3, 0.4) is 0 Å². The van der Waals surface area contributed by atoms with E-state index in [2.05, 4.69) is 15.6 Å². The zero-order chi connectivity index (χ0) is 27.2. The van der Waals surface area contributed by atoms with Crippen molar-refractivity contribution in [2.75, 3.05) is 18.6 Å². The molecule has 0 unspecified atom stereocenters. The van der Waals surface area contributed by atoms with Crippen LogP contribution in [0.1, 0.15) is 45.6 Å². The zero-order valence-corrected chi connectivity index (χ0v) is 22.7. The Balaban J connectivity index is 1.81. The molecule has 1 aromatic heterocycles. The van der Waals surface area contributed by atoms with Crippen LogP contribution in [0, 0.1) is 0 Å². The highest BCUT2D eigenvalue weighted by molar-refractivity contribution is 7.98. The van der Waals surface area contributed by atoms with Gasteiger partial charge in [-0.3, -0.25) is 19.3 Å². The first-order chi connectivity index (χ1) is 17.5. The van der Waals surface area contributed by atoms with Crippen molar-refractivity contribution in [2.45, 2.75) is 70.2 Å². The standard InChI is InChI=1S/C26H37N5O5S/c1-26(2,3)36-25(35)31-12-7-10-21(31)24(34)30-20(23(33)29-19(22(27)32)11-13-37-4)14-16-15-28-18-9-6-5-8-17(16)18/h5-6,8-9,15,19-21,28H,7,10-14H2,1-4H3,(H2,27,32)(H,29,33)(H,30,34)/t19-,20-,21-/m0/s1. The van der Waals surface area contributed by atoms with Gasteiger partial charge in [-0.15, -0.1) is 0 Å². The summed E-state index contributed by atoms with van der Waals surface area (Å²) in [5, 5.41) is 6.48. The second-order valence-electron chi connectivity index (χ2n) is 10.2. The van der Waals surface area contributed by atoms with Crippen molar-refractivity contribution in [1.29, 1.82) is 0 Å². The molecule has 1 aliphatic rings. The molecule has 2 aromatic rings. The van der Waals surface area contributed by atoms with Gasteiger partial charge in [0.05, 0.1) is 0 Å². The van der Waals surface area contributed by atoms with Gasteiger partial charge in [0.1, 0.15) is 23.7 Å². The fourth-order valence-electron chi connectivity index (χ4n) is 4.37. The number of hydrogen-bond acceptors (Lipinski definition) is 6. The highest BCUT2D eigenvalue weighted by atomic mass is 32.2. The van der Waals surface area contributed by atoms with E-state index in [1.54, 1.807) is 27.0 Å². The Hall–Kier alpha value is -3.21. The summed E-state index contributed by atoms with van der Waals surface area (Å²) in [6, 6.07) is 5.07. The molecule has 2 heterocycles. The van der Waals surface area contributed by atoms with Crippen LogP contribution in [0.5, 0.6) is 0 Å². The van der Waals surface area contributed by atoms with Crippen LogP contribution in [0.2, 0.25) is 0 Å². The number of aromatic nitrogens is 1. The van der Waals surface area contributed by atoms with Gasteiger partial charge in [0.15, 0.2) is 0 Å². The molecule has 0 saturated carbocycles. The number of fused-ring (bicyclic) bond motifs is 1. The maximum absolute atomic E-state index is 13.4. The maximum atomic E-state index is 13.4. The van der Waals surface area contributed by atoms with E-state index in [0.29, 0.717) is 31.6 Å². The van der Waals surface area contributed by atoms with E-state index in [0.717, 1.165) is 16.5 Å². The Labute approximate surface area is 221 Å². The Kier molecular flexibility index (Phi) is 9.47. The van der Waals surface area contributed by atoms with E-state index in [9.17, 15) is 19.2 Å². The number of amides is 4. The van der Waals surface area contributed by atoms with Crippen molar-refractivity contribution in [3.05, 3.63) is 36.0 Å². The minimum absolute atomic E-state index is 0.189. The van der Waals surface area contributed by atoms with Gasteiger partial charge in [0.2, 0.25) is 17.7 Å². The van der Waals surface area contributed by atoms with Crippen LogP contribution in [-0.4, -0.2) is 76.0 Å². The van der Waals surface area contributed by atoms with E-state index in [1.165, 1.54) is 16.7 Å². The molecular formula is C26H37N5O5S. The molecule has 1 aromatic carbocycles. The van der Waals surface area contributed by atoms with E-state index in [4.69, 9.17) is 10.5 Å². The Morgan fingerprint density at radius 1 is 1.19 bits per heavy atom. The molecule has 202 valence electrons. The summed E-state index contributed by atoms with van der Waals surface area (Å²) in [5.41, 5.74) is 6.58. The summed E-state index contributed by atoms with van der Waals surface area (Å²) in [6.45, 7) is 5.70. The lowest BCUT2D eigenvalue weighted by Gasteiger charge is -2.29. The summed E-state index contributed by atoms with van der Waals surface area (Å²) < 4.78 is 5.47. The summed E-state index contributed by atoms with van der Waals surface area (Å²) in [6.07, 6.45) is 4.82. The first kappa shape index (κ1) is 28.4. The fourth-order valence-corrected chi connectivity index (χ4v) is 4.84. The molecule has 3 rings (SSSR count). The highest BCUT2D eigenvalue weighted by Crippen LogP contribution is 2.23. The van der Waals surface area contributed by atoms with Crippen LogP contribution in [-0.2, 0) is 25.5 Å². The van der Waals surface area contributed by atoms with Crippen molar-refractivity contribution in [3.63, 3.8) is 0 Å². The number of ether oxygens (including phenoxy) is 1. The number of H-pyrrole nitrogens is 1. The molecule has 37 heavy (non-hydrogen) atoms. The lowest BCUT2D eigenvalue weighted by atomic mass is 10.0. The van der Waals surface area contributed by atoms with Gasteiger partial charge in [-0.25, -0.2) is 4.79 Å². The SMILES string of the molecule is CSCC[C@H](NC(=O)[C@H](Cc1c[nH]c2ccccc12)NC(=O)[C@@H]1CCCN1C(=O)OC(C)(C)C)C(N)=O. The third kappa shape index (κ3) is 7.64. The second-order valence-corrected chi connectivity index (χ2v) is 11.2. The molecule has 0 spiro atoms. The third-order valence-electron chi connectivity index (χ3n) is 6.19.